The zero-order valence-corrected chi connectivity index (χ0v) is 22.5. The van der Waals surface area contributed by atoms with E-state index >= 15 is 0 Å². The monoisotopic (exact) mass is 508 g/mol. The standard InChI is InChI=1S/C29H40N4O2S/c1-22-28-25(21-36-22)27(34)20-24-9-3-4-10-26(24)33(28)29(35)30-13-19-32-17-11-23(12-18-32)8-7-16-31-14-5-2-6-15-31/h3-4,9-10,21,23H,2,5-8,11-20H2,1H3,(H,30,35). The molecule has 5 rings (SSSR count). The van der Waals surface area contributed by atoms with Crippen molar-refractivity contribution in [2.24, 2.45) is 5.92 Å². The second-order valence-electron chi connectivity index (χ2n) is 10.7. The Morgan fingerprint density at radius 2 is 1.78 bits per heavy atom. The Morgan fingerprint density at radius 3 is 2.58 bits per heavy atom. The van der Waals surface area contributed by atoms with Gasteiger partial charge in [0.2, 0.25) is 0 Å². The predicted molar refractivity (Wildman–Crippen MR) is 148 cm³/mol. The number of carbonyl (C=O) groups excluding carboxylic acids is 2. The van der Waals surface area contributed by atoms with Gasteiger partial charge < -0.3 is 15.1 Å². The summed E-state index contributed by atoms with van der Waals surface area (Å²) in [4.78, 5) is 34.2. The SMILES string of the molecule is Cc1scc2c1N(C(=O)NCCN1CCC(CCCN3CCCCC3)CC1)c1ccccc1CC2=O. The van der Waals surface area contributed by atoms with E-state index in [0.717, 1.165) is 47.4 Å². The van der Waals surface area contributed by atoms with Crippen LogP contribution in [0.5, 0.6) is 0 Å². The average Bonchev–Trinajstić information content (AvgIpc) is 3.21. The van der Waals surface area contributed by atoms with E-state index in [1.54, 1.807) is 4.90 Å². The molecule has 0 bridgehead atoms. The number of urea groups is 1. The highest BCUT2D eigenvalue weighted by Gasteiger charge is 2.32. The van der Waals surface area contributed by atoms with E-state index in [1.807, 2.05) is 36.6 Å². The van der Waals surface area contributed by atoms with Crippen molar-refractivity contribution in [2.45, 2.75) is 58.3 Å². The maximum Gasteiger partial charge on any atom is 0.326 e. The van der Waals surface area contributed by atoms with Crippen LogP contribution in [0.2, 0.25) is 0 Å². The number of hydrogen-bond acceptors (Lipinski definition) is 5. The second kappa shape index (κ2) is 11.9. The molecule has 2 fully saturated rings. The molecule has 1 aromatic heterocycles. The van der Waals surface area contributed by atoms with Crippen LogP contribution in [0.25, 0.3) is 0 Å². The zero-order valence-electron chi connectivity index (χ0n) is 21.6. The van der Waals surface area contributed by atoms with Crippen LogP contribution in [0.3, 0.4) is 0 Å². The average molecular weight is 509 g/mol. The fourth-order valence-electron chi connectivity index (χ4n) is 6.09. The normalized spacial score (nSPS) is 19.6. The lowest BCUT2D eigenvalue weighted by molar-refractivity contribution is 0.0995. The number of aryl methyl sites for hydroxylation is 1. The van der Waals surface area contributed by atoms with Gasteiger partial charge in [-0.3, -0.25) is 9.69 Å². The van der Waals surface area contributed by atoms with Crippen molar-refractivity contribution >= 4 is 34.5 Å². The number of amides is 2. The summed E-state index contributed by atoms with van der Waals surface area (Å²) in [6, 6.07) is 7.63. The van der Waals surface area contributed by atoms with Crippen molar-refractivity contribution in [3.63, 3.8) is 0 Å². The molecule has 0 radical (unpaired) electrons. The molecule has 0 saturated carbocycles. The maximum absolute atomic E-state index is 13.5. The number of piperidine rings is 2. The number of rotatable bonds is 7. The minimum absolute atomic E-state index is 0.0795. The Bertz CT molecular complexity index is 1050. The van der Waals surface area contributed by atoms with Gasteiger partial charge in [0.15, 0.2) is 5.78 Å². The lowest BCUT2D eigenvalue weighted by Gasteiger charge is -2.33. The number of thiophene rings is 1. The van der Waals surface area contributed by atoms with E-state index in [4.69, 9.17) is 0 Å². The number of hydrogen-bond donors (Lipinski definition) is 1. The second-order valence-corrected chi connectivity index (χ2v) is 11.8. The smallest absolute Gasteiger partial charge is 0.326 e. The lowest BCUT2D eigenvalue weighted by atomic mass is 9.92. The van der Waals surface area contributed by atoms with Gasteiger partial charge in [-0.25, -0.2) is 4.79 Å². The number of fused-ring (bicyclic) bond motifs is 2. The molecule has 0 unspecified atom stereocenters. The molecule has 2 amide bonds. The molecular weight excluding hydrogens is 468 g/mol. The Morgan fingerprint density at radius 1 is 1.03 bits per heavy atom. The molecule has 0 spiro atoms. The largest absolute Gasteiger partial charge is 0.336 e. The fourth-order valence-corrected chi connectivity index (χ4v) is 6.94. The number of carbonyl (C=O) groups is 2. The lowest BCUT2D eigenvalue weighted by Crippen LogP contribution is -2.43. The van der Waals surface area contributed by atoms with Crippen molar-refractivity contribution in [2.75, 3.05) is 50.7 Å². The van der Waals surface area contributed by atoms with Gasteiger partial charge in [-0.15, -0.1) is 11.3 Å². The number of nitrogens with zero attached hydrogens (tertiary/aromatic N) is 3. The van der Waals surface area contributed by atoms with Gasteiger partial charge in [-0.05, 0) is 95.7 Å². The van der Waals surface area contributed by atoms with Crippen molar-refractivity contribution in [3.05, 3.63) is 45.6 Å². The molecule has 0 atom stereocenters. The van der Waals surface area contributed by atoms with Gasteiger partial charge in [0.05, 0.1) is 16.9 Å². The molecule has 3 aliphatic heterocycles. The topological polar surface area (TPSA) is 55.9 Å². The van der Waals surface area contributed by atoms with Crippen LogP contribution in [0.4, 0.5) is 16.2 Å². The number of para-hydroxylation sites is 1. The summed E-state index contributed by atoms with van der Waals surface area (Å²) >= 11 is 1.54. The first-order chi connectivity index (χ1) is 17.6. The predicted octanol–water partition coefficient (Wildman–Crippen LogP) is 5.62. The van der Waals surface area contributed by atoms with Crippen LogP contribution < -0.4 is 10.2 Å². The Hall–Kier alpha value is -2.22. The number of ketones is 1. The van der Waals surface area contributed by atoms with Crippen LogP contribution >= 0.6 is 11.3 Å². The molecule has 7 heteroatoms. The first-order valence-corrected chi connectivity index (χ1v) is 14.7. The van der Waals surface area contributed by atoms with Crippen LogP contribution in [-0.4, -0.2) is 67.4 Å². The van der Waals surface area contributed by atoms with Crippen LogP contribution in [-0.2, 0) is 6.42 Å². The van der Waals surface area contributed by atoms with Crippen LogP contribution in [0, 0.1) is 12.8 Å². The van der Waals surface area contributed by atoms with Gasteiger partial charge >= 0.3 is 6.03 Å². The van der Waals surface area contributed by atoms with Gasteiger partial charge in [-0.2, -0.15) is 0 Å². The van der Waals surface area contributed by atoms with Crippen LogP contribution in [0.1, 0.15) is 65.7 Å². The maximum atomic E-state index is 13.5. The highest BCUT2D eigenvalue weighted by Crippen LogP contribution is 2.41. The molecule has 1 aromatic carbocycles. The quantitative estimate of drug-likeness (QED) is 0.527. The van der Waals surface area contributed by atoms with E-state index in [0.29, 0.717) is 18.5 Å². The molecule has 36 heavy (non-hydrogen) atoms. The highest BCUT2D eigenvalue weighted by atomic mass is 32.1. The first-order valence-electron chi connectivity index (χ1n) is 13.8. The molecule has 2 aromatic rings. The Kier molecular flexibility index (Phi) is 8.40. The van der Waals surface area contributed by atoms with E-state index in [-0.39, 0.29) is 11.8 Å². The number of nitrogens with one attached hydrogen (secondary N) is 1. The third-order valence-electron chi connectivity index (χ3n) is 8.20. The summed E-state index contributed by atoms with van der Waals surface area (Å²) in [6.45, 7) is 9.61. The zero-order chi connectivity index (χ0) is 24.9. The number of Topliss-reactive ketones (excluding diaryl/α,β-unsaturated/α-hetero) is 1. The Labute approximate surface area is 219 Å². The first kappa shape index (κ1) is 25.4. The summed E-state index contributed by atoms with van der Waals surface area (Å²) < 4.78 is 0. The Balaban J connectivity index is 1.11. The molecule has 3 aliphatic rings. The van der Waals surface area contributed by atoms with Gasteiger partial charge in [0.25, 0.3) is 0 Å². The molecule has 6 nitrogen and oxygen atoms in total. The van der Waals surface area contributed by atoms with Gasteiger partial charge in [0.1, 0.15) is 0 Å². The molecule has 4 heterocycles. The molecular formula is C29H40N4O2S. The third-order valence-corrected chi connectivity index (χ3v) is 9.10. The van der Waals surface area contributed by atoms with Crippen molar-refractivity contribution in [1.29, 1.82) is 0 Å². The molecule has 2 saturated heterocycles. The molecule has 0 aliphatic carbocycles. The summed E-state index contributed by atoms with van der Waals surface area (Å²) in [5.74, 6) is 0.933. The fraction of sp³-hybridized carbons (Fsp3) is 0.586. The van der Waals surface area contributed by atoms with Crippen molar-refractivity contribution in [3.8, 4) is 0 Å². The third kappa shape index (κ3) is 5.84. The van der Waals surface area contributed by atoms with E-state index in [1.165, 1.54) is 75.9 Å². The van der Waals surface area contributed by atoms with Gasteiger partial charge in [-0.1, -0.05) is 24.6 Å². The van der Waals surface area contributed by atoms with E-state index < -0.39 is 0 Å². The van der Waals surface area contributed by atoms with E-state index in [2.05, 4.69) is 15.1 Å². The number of likely N-dealkylation sites (tertiary alicyclic amines) is 2. The summed E-state index contributed by atoms with van der Waals surface area (Å²) in [7, 11) is 0. The highest BCUT2D eigenvalue weighted by molar-refractivity contribution is 7.10. The minimum Gasteiger partial charge on any atom is -0.336 e. The number of benzene rings is 1. The minimum atomic E-state index is -0.146. The summed E-state index contributed by atoms with van der Waals surface area (Å²) in [5, 5.41) is 5.05. The van der Waals surface area contributed by atoms with Crippen molar-refractivity contribution < 1.29 is 9.59 Å². The van der Waals surface area contributed by atoms with Gasteiger partial charge in [0, 0.05) is 29.8 Å². The summed E-state index contributed by atoms with van der Waals surface area (Å²) in [6.07, 6.45) is 9.74. The van der Waals surface area contributed by atoms with Crippen LogP contribution in [0.15, 0.2) is 29.6 Å². The van der Waals surface area contributed by atoms with Crippen molar-refractivity contribution in [1.82, 2.24) is 15.1 Å². The number of anilines is 2. The molecule has 194 valence electrons. The van der Waals surface area contributed by atoms with E-state index in [9.17, 15) is 9.59 Å². The molecule has 1 N–H and O–H groups in total. The summed E-state index contributed by atoms with van der Waals surface area (Å²) in [5.41, 5.74) is 3.12.